The van der Waals surface area contributed by atoms with Crippen LogP contribution in [0.3, 0.4) is 0 Å². The smallest absolute Gasteiger partial charge is 0.261 e. The number of methoxy groups -OCH3 is 1. The molecule has 0 saturated heterocycles. The second-order valence-electron chi connectivity index (χ2n) is 9.28. The normalized spacial score (nSPS) is 10.8. The number of halogens is 1. The van der Waals surface area contributed by atoms with Crippen molar-refractivity contribution in [3.8, 4) is 44.9 Å². The van der Waals surface area contributed by atoms with Crippen LogP contribution in [-0.4, -0.2) is 34.3 Å². The summed E-state index contributed by atoms with van der Waals surface area (Å²) in [6.07, 6.45) is 4.57. The van der Waals surface area contributed by atoms with Gasteiger partial charge in [0.05, 0.1) is 13.7 Å². The van der Waals surface area contributed by atoms with Gasteiger partial charge in [-0.2, -0.15) is 0 Å². The monoisotopic (exact) mass is 550 g/mol. The maximum absolute atomic E-state index is 13.2. The molecule has 9 heteroatoms. The summed E-state index contributed by atoms with van der Waals surface area (Å²) in [5.74, 6) is 0.0948. The Morgan fingerprint density at radius 3 is 2.37 bits per heavy atom. The molecule has 206 valence electrons. The van der Waals surface area contributed by atoms with E-state index in [1.54, 1.807) is 79.1 Å². The molecule has 41 heavy (non-hydrogen) atoms. The number of anilines is 2. The van der Waals surface area contributed by atoms with E-state index in [-0.39, 0.29) is 17.9 Å². The highest BCUT2D eigenvalue weighted by atomic mass is 19.1. The quantitative estimate of drug-likeness (QED) is 0.226. The van der Waals surface area contributed by atoms with Gasteiger partial charge in [-0.25, -0.2) is 9.37 Å². The lowest BCUT2D eigenvalue weighted by Crippen LogP contribution is -2.24. The minimum absolute atomic E-state index is 0.0144. The zero-order valence-corrected chi connectivity index (χ0v) is 22.2. The summed E-state index contributed by atoms with van der Waals surface area (Å²) in [6, 6.07) is 22.8. The van der Waals surface area contributed by atoms with Crippen molar-refractivity contribution in [3.63, 3.8) is 0 Å². The summed E-state index contributed by atoms with van der Waals surface area (Å²) in [5, 5.41) is 12.7. The molecule has 0 bridgehead atoms. The summed E-state index contributed by atoms with van der Waals surface area (Å²) < 4.78 is 19.9. The van der Waals surface area contributed by atoms with E-state index in [0.29, 0.717) is 33.9 Å². The zero-order chi connectivity index (χ0) is 28.9. The van der Waals surface area contributed by atoms with Gasteiger partial charge in [-0.05, 0) is 47.0 Å². The number of hydrogen-bond donors (Lipinski definition) is 3. The maximum atomic E-state index is 13.2. The Hall–Kier alpha value is -5.44. The predicted molar refractivity (Wildman–Crippen MR) is 158 cm³/mol. The molecule has 0 fully saturated rings. The lowest BCUT2D eigenvalue weighted by atomic mass is 10.0. The van der Waals surface area contributed by atoms with E-state index in [2.05, 4.69) is 10.3 Å². The second kappa shape index (κ2) is 11.7. The molecule has 5 aromatic rings. The van der Waals surface area contributed by atoms with Crippen molar-refractivity contribution in [3.05, 3.63) is 113 Å². The van der Waals surface area contributed by atoms with E-state index in [1.165, 1.54) is 17.9 Å². The zero-order valence-electron chi connectivity index (χ0n) is 22.2. The Bertz CT molecular complexity index is 1770. The number of carbonyl (C=O) groups is 1. The van der Waals surface area contributed by atoms with Gasteiger partial charge in [-0.15, -0.1) is 0 Å². The first kappa shape index (κ1) is 27.1. The topological polar surface area (TPSA) is 119 Å². The standard InChI is InChI=1S/C32H27FN4O4/c1-41-29-16-22(9-12-28(29)38)23-15-25(31(34)35-17-23)21-7-10-24(11-8-21)36-32(40)27-19-37(14-13-33)18-26(30(27)39)20-5-3-2-4-6-20/h2-12,15-19,38H,13-14H2,1H3,(H2,34,35)(H,36,40). The average molecular weight is 551 g/mol. The SMILES string of the molecule is COc1cc(-c2cnc(N)c(-c3ccc(NC(=O)c4cn(CCF)cc(-c5ccccc5)c4=O)cc3)c2)ccc1O. The van der Waals surface area contributed by atoms with Crippen molar-refractivity contribution in [2.24, 2.45) is 0 Å². The van der Waals surface area contributed by atoms with Gasteiger partial charge in [0.25, 0.3) is 5.91 Å². The number of phenols is 1. The Morgan fingerprint density at radius 2 is 1.66 bits per heavy atom. The number of nitrogens with two attached hydrogens (primary N) is 1. The molecule has 8 nitrogen and oxygen atoms in total. The largest absolute Gasteiger partial charge is 0.504 e. The number of ether oxygens (including phenoxy) is 1. The van der Waals surface area contributed by atoms with Crippen molar-refractivity contribution in [1.82, 2.24) is 9.55 Å². The van der Waals surface area contributed by atoms with Crippen LogP contribution >= 0.6 is 0 Å². The number of carbonyl (C=O) groups excluding carboxylic acids is 1. The third-order valence-corrected chi connectivity index (χ3v) is 6.64. The van der Waals surface area contributed by atoms with E-state index in [9.17, 15) is 19.1 Å². The molecule has 2 aromatic heterocycles. The molecule has 1 amide bonds. The van der Waals surface area contributed by atoms with Crippen molar-refractivity contribution in [2.75, 3.05) is 24.8 Å². The van der Waals surface area contributed by atoms with Crippen molar-refractivity contribution in [1.29, 1.82) is 0 Å². The highest BCUT2D eigenvalue weighted by molar-refractivity contribution is 6.04. The second-order valence-corrected chi connectivity index (χ2v) is 9.28. The average Bonchev–Trinajstić information content (AvgIpc) is 2.99. The molecule has 2 heterocycles. The number of benzene rings is 3. The van der Waals surface area contributed by atoms with Crippen LogP contribution in [0.1, 0.15) is 10.4 Å². The molecule has 5 rings (SSSR count). The fourth-order valence-corrected chi connectivity index (χ4v) is 4.50. The number of amides is 1. The highest BCUT2D eigenvalue weighted by Gasteiger charge is 2.17. The fraction of sp³-hybridized carbons (Fsp3) is 0.0938. The minimum atomic E-state index is -0.640. The van der Waals surface area contributed by atoms with Gasteiger partial charge in [0, 0.05) is 41.0 Å². The van der Waals surface area contributed by atoms with Crippen LogP contribution in [-0.2, 0) is 6.54 Å². The molecule has 0 unspecified atom stereocenters. The molecule has 4 N–H and O–H groups in total. The van der Waals surface area contributed by atoms with Crippen LogP contribution in [0.25, 0.3) is 33.4 Å². The number of rotatable bonds is 8. The molecule has 0 spiro atoms. The number of phenolic OH excluding ortho intramolecular Hbond substituents is 1. The van der Waals surface area contributed by atoms with Crippen LogP contribution in [0.5, 0.6) is 11.5 Å². The van der Waals surface area contributed by atoms with Gasteiger partial charge in [0.2, 0.25) is 5.43 Å². The number of aromatic nitrogens is 2. The van der Waals surface area contributed by atoms with E-state index in [1.807, 2.05) is 12.1 Å². The van der Waals surface area contributed by atoms with Crippen LogP contribution < -0.4 is 21.2 Å². The third kappa shape index (κ3) is 5.79. The summed E-state index contributed by atoms with van der Waals surface area (Å²) in [7, 11) is 1.48. The van der Waals surface area contributed by atoms with Crippen LogP contribution in [0.15, 0.2) is 102 Å². The Labute approximate surface area is 235 Å². The summed E-state index contributed by atoms with van der Waals surface area (Å²) >= 11 is 0. The first-order chi connectivity index (χ1) is 19.9. The van der Waals surface area contributed by atoms with Gasteiger partial charge in [0.1, 0.15) is 18.1 Å². The summed E-state index contributed by atoms with van der Waals surface area (Å²) in [6.45, 7) is -0.625. The third-order valence-electron chi connectivity index (χ3n) is 6.64. The van der Waals surface area contributed by atoms with Crippen LogP contribution in [0.4, 0.5) is 15.9 Å². The first-order valence-corrected chi connectivity index (χ1v) is 12.8. The highest BCUT2D eigenvalue weighted by Crippen LogP contribution is 2.34. The van der Waals surface area contributed by atoms with E-state index >= 15 is 0 Å². The number of alkyl halides is 1. The molecule has 3 aromatic carbocycles. The molecule has 0 radical (unpaired) electrons. The number of nitrogen functional groups attached to an aromatic ring is 1. The number of aryl methyl sites for hydroxylation is 1. The summed E-state index contributed by atoms with van der Waals surface area (Å²) in [4.78, 5) is 30.7. The predicted octanol–water partition coefficient (Wildman–Crippen LogP) is 5.76. The summed E-state index contributed by atoms with van der Waals surface area (Å²) in [5.41, 5.74) is 10.1. The lowest BCUT2D eigenvalue weighted by Gasteiger charge is -2.13. The Balaban J connectivity index is 1.41. The van der Waals surface area contributed by atoms with Crippen molar-refractivity contribution >= 4 is 17.4 Å². The first-order valence-electron chi connectivity index (χ1n) is 12.8. The number of aromatic hydroxyl groups is 1. The number of nitrogens with one attached hydrogen (secondary N) is 1. The van der Waals surface area contributed by atoms with Gasteiger partial charge < -0.3 is 25.5 Å². The minimum Gasteiger partial charge on any atom is -0.504 e. The van der Waals surface area contributed by atoms with Crippen molar-refractivity contribution in [2.45, 2.75) is 6.54 Å². The molecular weight excluding hydrogens is 523 g/mol. The van der Waals surface area contributed by atoms with Gasteiger partial charge >= 0.3 is 0 Å². The molecule has 0 atom stereocenters. The van der Waals surface area contributed by atoms with Gasteiger partial charge in [-0.1, -0.05) is 48.5 Å². The molecule has 0 aliphatic carbocycles. The van der Waals surface area contributed by atoms with E-state index in [0.717, 1.165) is 16.7 Å². The van der Waals surface area contributed by atoms with Gasteiger partial charge in [0.15, 0.2) is 11.5 Å². The number of nitrogens with zero attached hydrogens (tertiary/aromatic N) is 2. The fourth-order valence-electron chi connectivity index (χ4n) is 4.50. The molecule has 0 aliphatic rings. The maximum Gasteiger partial charge on any atom is 0.261 e. The Kier molecular flexibility index (Phi) is 7.78. The lowest BCUT2D eigenvalue weighted by molar-refractivity contribution is 0.102. The van der Waals surface area contributed by atoms with Gasteiger partial charge in [-0.3, -0.25) is 9.59 Å². The van der Waals surface area contributed by atoms with E-state index < -0.39 is 18.0 Å². The number of hydrogen-bond acceptors (Lipinski definition) is 6. The molecule has 0 aliphatic heterocycles. The van der Waals surface area contributed by atoms with Crippen molar-refractivity contribution < 1.29 is 19.0 Å². The Morgan fingerprint density at radius 1 is 0.951 bits per heavy atom. The molecule has 0 saturated carbocycles. The van der Waals surface area contributed by atoms with E-state index in [4.69, 9.17) is 10.5 Å². The number of pyridine rings is 2. The molecular formula is C32H27FN4O4. The van der Waals surface area contributed by atoms with Crippen LogP contribution in [0, 0.1) is 0 Å². The van der Waals surface area contributed by atoms with Crippen LogP contribution in [0.2, 0.25) is 0 Å².